The maximum absolute atomic E-state index is 13.8. The van der Waals surface area contributed by atoms with Crippen molar-refractivity contribution in [2.24, 2.45) is 0 Å². The zero-order valence-electron chi connectivity index (χ0n) is 10.7. The maximum Gasteiger partial charge on any atom is 0.132 e. The maximum atomic E-state index is 13.8. The average molecular weight is 299 g/mol. The second kappa shape index (κ2) is 6.20. The third kappa shape index (κ3) is 3.26. The Kier molecular flexibility index (Phi) is 4.57. The normalized spacial score (nSPS) is 12.2. The van der Waals surface area contributed by atoms with Gasteiger partial charge in [-0.1, -0.05) is 17.7 Å². The second-order valence-corrected chi connectivity index (χ2v) is 4.78. The molecule has 1 N–H and O–H groups in total. The van der Waals surface area contributed by atoms with Crippen molar-refractivity contribution in [3.05, 3.63) is 64.2 Å². The predicted octanol–water partition coefficient (Wildman–Crippen LogP) is 3.90. The molecule has 0 saturated carbocycles. The van der Waals surface area contributed by atoms with Gasteiger partial charge in [0.15, 0.2) is 0 Å². The van der Waals surface area contributed by atoms with E-state index < -0.39 is 17.7 Å². The first-order chi connectivity index (χ1) is 9.51. The van der Waals surface area contributed by atoms with Crippen molar-refractivity contribution in [3.8, 4) is 5.75 Å². The molecule has 0 bridgehead atoms. The molecule has 1 atom stereocenters. The van der Waals surface area contributed by atoms with Gasteiger partial charge in [0.25, 0.3) is 0 Å². The van der Waals surface area contributed by atoms with Crippen molar-refractivity contribution in [2.75, 3.05) is 7.11 Å². The standard InChI is InChI=1S/C15H13ClF2O2/c1-20-11-4-5-12(14(18)8-11)15(19)6-9-2-3-10(16)7-13(9)17/h2-5,7-8,15,19H,6H2,1H3. The predicted molar refractivity (Wildman–Crippen MR) is 73.0 cm³/mol. The highest BCUT2D eigenvalue weighted by Crippen LogP contribution is 2.26. The highest BCUT2D eigenvalue weighted by molar-refractivity contribution is 6.30. The van der Waals surface area contributed by atoms with Crippen LogP contribution in [0.25, 0.3) is 0 Å². The largest absolute Gasteiger partial charge is 0.497 e. The van der Waals surface area contributed by atoms with Gasteiger partial charge >= 0.3 is 0 Å². The number of hydrogen-bond acceptors (Lipinski definition) is 2. The smallest absolute Gasteiger partial charge is 0.132 e. The van der Waals surface area contributed by atoms with E-state index in [1.54, 1.807) is 6.07 Å². The number of aliphatic hydroxyl groups is 1. The van der Waals surface area contributed by atoms with Crippen LogP contribution in [0.4, 0.5) is 8.78 Å². The van der Waals surface area contributed by atoms with Gasteiger partial charge in [-0.2, -0.15) is 0 Å². The first kappa shape index (κ1) is 14.8. The van der Waals surface area contributed by atoms with Crippen LogP contribution < -0.4 is 4.74 Å². The molecule has 1 unspecified atom stereocenters. The molecule has 5 heteroatoms. The van der Waals surface area contributed by atoms with Gasteiger partial charge in [-0.3, -0.25) is 0 Å². The Morgan fingerprint density at radius 2 is 1.90 bits per heavy atom. The van der Waals surface area contributed by atoms with Crippen LogP contribution in [0, 0.1) is 11.6 Å². The number of halogens is 3. The highest BCUT2D eigenvalue weighted by Gasteiger charge is 2.16. The molecule has 0 aliphatic heterocycles. The van der Waals surface area contributed by atoms with E-state index in [4.69, 9.17) is 16.3 Å². The fourth-order valence-electron chi connectivity index (χ4n) is 1.91. The molecule has 2 rings (SSSR count). The molecule has 0 spiro atoms. The molecule has 20 heavy (non-hydrogen) atoms. The van der Waals surface area contributed by atoms with Crippen LogP contribution in [-0.4, -0.2) is 12.2 Å². The summed E-state index contributed by atoms with van der Waals surface area (Å²) in [4.78, 5) is 0. The molecule has 0 radical (unpaired) electrons. The van der Waals surface area contributed by atoms with Crippen LogP contribution in [0.1, 0.15) is 17.2 Å². The molecular weight excluding hydrogens is 286 g/mol. The highest BCUT2D eigenvalue weighted by atomic mass is 35.5. The van der Waals surface area contributed by atoms with Crippen molar-refractivity contribution in [2.45, 2.75) is 12.5 Å². The molecule has 0 amide bonds. The molecule has 2 aromatic rings. The van der Waals surface area contributed by atoms with E-state index in [0.717, 1.165) is 6.07 Å². The third-order valence-corrected chi connectivity index (χ3v) is 3.23. The van der Waals surface area contributed by atoms with Crippen molar-refractivity contribution in [3.63, 3.8) is 0 Å². The van der Waals surface area contributed by atoms with Gasteiger partial charge in [-0.05, 0) is 29.8 Å². The molecular formula is C15H13ClF2O2. The minimum Gasteiger partial charge on any atom is -0.497 e. The van der Waals surface area contributed by atoms with Crippen LogP contribution in [0.15, 0.2) is 36.4 Å². The average Bonchev–Trinajstić information content (AvgIpc) is 2.41. The summed E-state index contributed by atoms with van der Waals surface area (Å²) < 4.78 is 32.3. The molecule has 0 aromatic heterocycles. The zero-order valence-corrected chi connectivity index (χ0v) is 11.5. The minimum absolute atomic E-state index is 0.0355. The van der Waals surface area contributed by atoms with Gasteiger partial charge in [0.2, 0.25) is 0 Å². The molecule has 106 valence electrons. The lowest BCUT2D eigenvalue weighted by Gasteiger charge is -2.13. The Morgan fingerprint density at radius 3 is 2.50 bits per heavy atom. The molecule has 0 aliphatic rings. The van der Waals surface area contributed by atoms with Gasteiger partial charge in [-0.25, -0.2) is 8.78 Å². The van der Waals surface area contributed by atoms with E-state index in [0.29, 0.717) is 5.75 Å². The third-order valence-electron chi connectivity index (χ3n) is 2.99. The Balaban J connectivity index is 2.21. The first-order valence-corrected chi connectivity index (χ1v) is 6.34. The topological polar surface area (TPSA) is 29.5 Å². The van der Waals surface area contributed by atoms with E-state index in [2.05, 4.69) is 0 Å². The Bertz CT molecular complexity index is 617. The van der Waals surface area contributed by atoms with E-state index in [9.17, 15) is 13.9 Å². The molecule has 0 heterocycles. The van der Waals surface area contributed by atoms with Gasteiger partial charge in [0.1, 0.15) is 17.4 Å². The summed E-state index contributed by atoms with van der Waals surface area (Å²) in [6, 6.07) is 8.30. The lowest BCUT2D eigenvalue weighted by molar-refractivity contribution is 0.172. The van der Waals surface area contributed by atoms with E-state index in [1.807, 2.05) is 0 Å². The van der Waals surface area contributed by atoms with Crippen molar-refractivity contribution >= 4 is 11.6 Å². The van der Waals surface area contributed by atoms with Gasteiger partial charge < -0.3 is 9.84 Å². The summed E-state index contributed by atoms with van der Waals surface area (Å²) in [5.41, 5.74) is 0.372. The fraction of sp³-hybridized carbons (Fsp3) is 0.200. The number of benzene rings is 2. The number of rotatable bonds is 4. The lowest BCUT2D eigenvalue weighted by Crippen LogP contribution is -2.06. The second-order valence-electron chi connectivity index (χ2n) is 4.34. The quantitative estimate of drug-likeness (QED) is 0.927. The van der Waals surface area contributed by atoms with Crippen LogP contribution in [0.5, 0.6) is 5.75 Å². The minimum atomic E-state index is -1.14. The molecule has 0 saturated heterocycles. The van der Waals surface area contributed by atoms with Gasteiger partial charge in [-0.15, -0.1) is 0 Å². The summed E-state index contributed by atoms with van der Waals surface area (Å²) in [6.07, 6.45) is -1.18. The van der Waals surface area contributed by atoms with Crippen molar-refractivity contribution in [1.82, 2.24) is 0 Å². The fourth-order valence-corrected chi connectivity index (χ4v) is 2.07. The van der Waals surface area contributed by atoms with Crippen LogP contribution in [0.2, 0.25) is 5.02 Å². The summed E-state index contributed by atoms with van der Waals surface area (Å²) in [5.74, 6) is -0.757. The summed E-state index contributed by atoms with van der Waals surface area (Å²) >= 11 is 5.65. The number of hydrogen-bond donors (Lipinski definition) is 1. The summed E-state index contributed by atoms with van der Waals surface area (Å²) in [5, 5.41) is 10.3. The van der Waals surface area contributed by atoms with Crippen LogP contribution in [0.3, 0.4) is 0 Å². The molecule has 2 nitrogen and oxygen atoms in total. The Morgan fingerprint density at radius 1 is 1.15 bits per heavy atom. The van der Waals surface area contributed by atoms with Gasteiger partial charge in [0.05, 0.1) is 13.2 Å². The molecule has 2 aromatic carbocycles. The SMILES string of the molecule is COc1ccc(C(O)Cc2ccc(Cl)cc2F)c(F)c1. The number of ether oxygens (including phenoxy) is 1. The van der Waals surface area contributed by atoms with Crippen molar-refractivity contribution in [1.29, 1.82) is 0 Å². The Hall–Kier alpha value is -1.65. The number of methoxy groups -OCH3 is 1. The van der Waals surface area contributed by atoms with E-state index in [-0.39, 0.29) is 22.6 Å². The monoisotopic (exact) mass is 298 g/mol. The zero-order chi connectivity index (χ0) is 14.7. The van der Waals surface area contributed by atoms with Crippen LogP contribution in [-0.2, 0) is 6.42 Å². The first-order valence-electron chi connectivity index (χ1n) is 5.96. The summed E-state index contributed by atoms with van der Waals surface area (Å²) in [7, 11) is 1.42. The molecule has 0 aliphatic carbocycles. The molecule has 0 fully saturated rings. The summed E-state index contributed by atoms with van der Waals surface area (Å²) in [6.45, 7) is 0. The lowest BCUT2D eigenvalue weighted by atomic mass is 10.0. The number of aliphatic hydroxyl groups excluding tert-OH is 1. The Labute approximate surface area is 120 Å². The van der Waals surface area contributed by atoms with Crippen LogP contribution >= 0.6 is 11.6 Å². The van der Waals surface area contributed by atoms with Gasteiger partial charge in [0, 0.05) is 23.1 Å². The van der Waals surface area contributed by atoms with E-state index >= 15 is 0 Å². The van der Waals surface area contributed by atoms with Crippen molar-refractivity contribution < 1.29 is 18.6 Å². The van der Waals surface area contributed by atoms with E-state index in [1.165, 1.54) is 31.4 Å².